The molecule has 0 nitrogen and oxygen atoms in total. The zero-order valence-electron chi connectivity index (χ0n) is 21.5. The number of hydrogen-bond acceptors (Lipinski definition) is 0. The molecule has 5 aliphatic rings. The number of fused-ring (bicyclic) bond motifs is 7. The Balaban J connectivity index is 1.59. The van der Waals surface area contributed by atoms with Crippen LogP contribution in [0.25, 0.3) is 0 Å². The van der Waals surface area contributed by atoms with Crippen LogP contribution in [0, 0.1) is 56.7 Å². The fourth-order valence-corrected chi connectivity index (χ4v) is 11.0. The molecule has 0 bridgehead atoms. The highest BCUT2D eigenvalue weighted by molar-refractivity contribution is 5.33. The molecule has 8 unspecified atom stereocenters. The van der Waals surface area contributed by atoms with Crippen molar-refractivity contribution in [3.63, 3.8) is 0 Å². The predicted octanol–water partition coefficient (Wildman–Crippen LogP) is 9.05. The monoisotopic (exact) mass is 410 g/mol. The maximum absolute atomic E-state index is 2.86. The van der Waals surface area contributed by atoms with Crippen LogP contribution in [0.5, 0.6) is 0 Å². The Morgan fingerprint density at radius 3 is 2.23 bits per heavy atom. The van der Waals surface area contributed by atoms with E-state index in [1.807, 2.05) is 5.57 Å². The third-order valence-corrected chi connectivity index (χ3v) is 13.3. The SMILES string of the molecule is CC1CCCC2(C)CC[C@]3(C)C(=CCC4C5(C)CCC(C)C(C)(C)C5CCC43C)C12. The highest BCUT2D eigenvalue weighted by Gasteiger charge is 2.67. The number of hydrogen-bond donors (Lipinski definition) is 0. The summed E-state index contributed by atoms with van der Waals surface area (Å²) in [6, 6.07) is 0. The molecule has 0 saturated heterocycles. The topological polar surface area (TPSA) is 0 Å². The van der Waals surface area contributed by atoms with Gasteiger partial charge < -0.3 is 0 Å². The van der Waals surface area contributed by atoms with E-state index in [2.05, 4.69) is 61.5 Å². The third-order valence-electron chi connectivity index (χ3n) is 13.3. The molecular formula is C30H50. The molecule has 0 heteroatoms. The first-order valence-electron chi connectivity index (χ1n) is 13.6. The van der Waals surface area contributed by atoms with E-state index in [9.17, 15) is 0 Å². The highest BCUT2D eigenvalue weighted by Crippen LogP contribution is 2.75. The van der Waals surface area contributed by atoms with Crippen LogP contribution < -0.4 is 0 Å². The first-order chi connectivity index (χ1) is 13.9. The van der Waals surface area contributed by atoms with Gasteiger partial charge in [0.1, 0.15) is 0 Å². The predicted molar refractivity (Wildman–Crippen MR) is 129 cm³/mol. The van der Waals surface area contributed by atoms with E-state index in [-0.39, 0.29) is 0 Å². The largest absolute Gasteiger partial charge is 0.0841 e. The first kappa shape index (κ1) is 21.6. The van der Waals surface area contributed by atoms with Crippen LogP contribution in [0.2, 0.25) is 0 Å². The summed E-state index contributed by atoms with van der Waals surface area (Å²) in [4.78, 5) is 0. The standard InChI is InChI=1S/C30H50/c1-20-10-9-15-27(5)18-19-29(7)22(25(20)27)11-12-24-28(6)16-13-21(2)26(3,4)23(28)14-17-30(24,29)8/h11,20-21,23-25H,9-10,12-19H2,1-8H3/t20?,21?,23?,24?,25?,27?,28?,29-,30?/m1/s1. The maximum Gasteiger partial charge on any atom is -0.00564 e. The van der Waals surface area contributed by atoms with Gasteiger partial charge in [-0.25, -0.2) is 0 Å². The summed E-state index contributed by atoms with van der Waals surface area (Å²) >= 11 is 0. The van der Waals surface area contributed by atoms with Gasteiger partial charge in [-0.1, -0.05) is 79.9 Å². The minimum Gasteiger partial charge on any atom is -0.0841 e. The second-order valence-corrected chi connectivity index (χ2v) is 14.6. The molecule has 0 aromatic carbocycles. The van der Waals surface area contributed by atoms with Gasteiger partial charge in [0.25, 0.3) is 0 Å². The molecule has 0 aromatic heterocycles. The molecule has 9 atom stereocenters. The summed E-state index contributed by atoms with van der Waals surface area (Å²) in [6.45, 7) is 21.3. The maximum atomic E-state index is 2.86. The van der Waals surface area contributed by atoms with E-state index in [1.165, 1.54) is 64.2 Å². The van der Waals surface area contributed by atoms with Crippen LogP contribution in [0.4, 0.5) is 0 Å². The Morgan fingerprint density at radius 2 is 1.50 bits per heavy atom. The molecule has 0 aromatic rings. The smallest absolute Gasteiger partial charge is 0.00564 e. The molecule has 0 heterocycles. The summed E-state index contributed by atoms with van der Waals surface area (Å²) in [5, 5.41) is 0. The van der Waals surface area contributed by atoms with Gasteiger partial charge in [0.2, 0.25) is 0 Å². The van der Waals surface area contributed by atoms with Crippen molar-refractivity contribution in [1.82, 2.24) is 0 Å². The lowest BCUT2D eigenvalue weighted by atomic mass is 9.33. The summed E-state index contributed by atoms with van der Waals surface area (Å²) in [7, 11) is 0. The molecular weight excluding hydrogens is 360 g/mol. The Kier molecular flexibility index (Phi) is 4.61. The van der Waals surface area contributed by atoms with Gasteiger partial charge in [-0.3, -0.25) is 0 Å². The minimum atomic E-state index is 0.437. The normalized spacial score (nSPS) is 57.3. The van der Waals surface area contributed by atoms with Gasteiger partial charge in [0, 0.05) is 0 Å². The van der Waals surface area contributed by atoms with Gasteiger partial charge in [-0.05, 0) is 108 Å². The zero-order chi connectivity index (χ0) is 21.7. The van der Waals surface area contributed by atoms with Crippen molar-refractivity contribution in [3.8, 4) is 0 Å². The van der Waals surface area contributed by atoms with Crippen molar-refractivity contribution >= 4 is 0 Å². The second kappa shape index (κ2) is 6.41. The molecule has 0 aliphatic heterocycles. The first-order valence-corrected chi connectivity index (χ1v) is 13.6. The summed E-state index contributed by atoms with van der Waals surface area (Å²) in [5.74, 6) is 4.41. The molecule has 4 fully saturated rings. The fraction of sp³-hybridized carbons (Fsp3) is 0.933. The van der Waals surface area contributed by atoms with E-state index < -0.39 is 0 Å². The van der Waals surface area contributed by atoms with Gasteiger partial charge in [-0.2, -0.15) is 0 Å². The van der Waals surface area contributed by atoms with Crippen LogP contribution in [0.15, 0.2) is 11.6 Å². The van der Waals surface area contributed by atoms with Crippen molar-refractivity contribution in [2.24, 2.45) is 56.7 Å². The van der Waals surface area contributed by atoms with Crippen LogP contribution >= 0.6 is 0 Å². The van der Waals surface area contributed by atoms with Gasteiger partial charge in [0.15, 0.2) is 0 Å². The van der Waals surface area contributed by atoms with E-state index in [0.29, 0.717) is 27.1 Å². The van der Waals surface area contributed by atoms with Crippen LogP contribution in [0.1, 0.15) is 120 Å². The number of rotatable bonds is 0. The average molecular weight is 411 g/mol. The van der Waals surface area contributed by atoms with Crippen molar-refractivity contribution < 1.29 is 0 Å². The minimum absolute atomic E-state index is 0.437. The van der Waals surface area contributed by atoms with Crippen LogP contribution in [-0.4, -0.2) is 0 Å². The van der Waals surface area contributed by atoms with Gasteiger partial charge in [-0.15, -0.1) is 0 Å². The Labute approximate surface area is 188 Å². The van der Waals surface area contributed by atoms with Crippen molar-refractivity contribution in [3.05, 3.63) is 11.6 Å². The molecule has 0 amide bonds. The Hall–Kier alpha value is -0.260. The molecule has 4 saturated carbocycles. The van der Waals surface area contributed by atoms with Crippen molar-refractivity contribution in [1.29, 1.82) is 0 Å². The summed E-state index contributed by atoms with van der Waals surface area (Å²) in [5.41, 5.74) is 4.49. The average Bonchev–Trinajstić information content (AvgIpc) is 2.66. The third kappa shape index (κ3) is 2.46. The van der Waals surface area contributed by atoms with E-state index in [1.54, 1.807) is 0 Å². The van der Waals surface area contributed by atoms with Gasteiger partial charge in [0.05, 0.1) is 0 Å². The lowest BCUT2D eigenvalue weighted by Gasteiger charge is -2.71. The molecule has 5 aliphatic carbocycles. The Morgan fingerprint density at radius 1 is 0.767 bits per heavy atom. The molecule has 5 rings (SSSR count). The van der Waals surface area contributed by atoms with E-state index in [4.69, 9.17) is 0 Å². The summed E-state index contributed by atoms with van der Waals surface area (Å²) in [6.07, 6.45) is 17.4. The van der Waals surface area contributed by atoms with Crippen LogP contribution in [-0.2, 0) is 0 Å². The van der Waals surface area contributed by atoms with Crippen LogP contribution in [0.3, 0.4) is 0 Å². The Bertz CT molecular complexity index is 743. The quantitative estimate of drug-likeness (QED) is 0.349. The van der Waals surface area contributed by atoms with E-state index in [0.717, 1.165) is 29.6 Å². The molecule has 0 N–H and O–H groups in total. The molecule has 0 radical (unpaired) electrons. The fourth-order valence-electron chi connectivity index (χ4n) is 11.0. The summed E-state index contributed by atoms with van der Waals surface area (Å²) < 4.78 is 0. The number of allylic oxidation sites excluding steroid dienone is 2. The zero-order valence-corrected chi connectivity index (χ0v) is 21.5. The molecule has 30 heavy (non-hydrogen) atoms. The molecule has 170 valence electrons. The molecule has 0 spiro atoms. The van der Waals surface area contributed by atoms with Crippen molar-refractivity contribution in [2.45, 2.75) is 120 Å². The lowest BCUT2D eigenvalue weighted by Crippen LogP contribution is -2.63. The van der Waals surface area contributed by atoms with Crippen molar-refractivity contribution in [2.75, 3.05) is 0 Å². The lowest BCUT2D eigenvalue weighted by molar-refractivity contribution is -0.190. The highest BCUT2D eigenvalue weighted by atomic mass is 14.7. The second-order valence-electron chi connectivity index (χ2n) is 14.6. The van der Waals surface area contributed by atoms with Gasteiger partial charge >= 0.3 is 0 Å². The van der Waals surface area contributed by atoms with E-state index >= 15 is 0 Å².